The van der Waals surface area contributed by atoms with E-state index in [0.717, 1.165) is 17.9 Å². The third kappa shape index (κ3) is 2.59. The average molecular weight is 244 g/mol. The van der Waals surface area contributed by atoms with Gasteiger partial charge in [-0.3, -0.25) is 4.98 Å². The molecule has 0 aliphatic heterocycles. The highest BCUT2D eigenvalue weighted by molar-refractivity contribution is 5.19. The summed E-state index contributed by atoms with van der Waals surface area (Å²) < 4.78 is 2.08. The third-order valence-electron chi connectivity index (χ3n) is 3.24. The van der Waals surface area contributed by atoms with E-state index in [2.05, 4.69) is 41.4 Å². The molecule has 0 bridgehead atoms. The molecule has 2 rings (SSSR count). The summed E-state index contributed by atoms with van der Waals surface area (Å²) in [7, 11) is 0. The number of hydrogen-bond donors (Lipinski definition) is 1. The zero-order chi connectivity index (χ0) is 13.1. The van der Waals surface area contributed by atoms with Crippen LogP contribution in [0.3, 0.4) is 0 Å². The van der Waals surface area contributed by atoms with Gasteiger partial charge in [-0.25, -0.2) is 4.98 Å². The van der Waals surface area contributed by atoms with Gasteiger partial charge in [0.25, 0.3) is 0 Å². The van der Waals surface area contributed by atoms with Crippen molar-refractivity contribution >= 4 is 0 Å². The van der Waals surface area contributed by atoms with Gasteiger partial charge in [-0.2, -0.15) is 0 Å². The van der Waals surface area contributed by atoms with Crippen LogP contribution in [0.1, 0.15) is 36.8 Å². The molecule has 0 spiro atoms. The fourth-order valence-corrected chi connectivity index (χ4v) is 1.93. The first-order valence-corrected chi connectivity index (χ1v) is 6.25. The molecule has 2 aromatic rings. The van der Waals surface area contributed by atoms with Crippen LogP contribution in [0.15, 0.2) is 30.9 Å². The lowest BCUT2D eigenvalue weighted by atomic mass is 10.0. The molecule has 96 valence electrons. The van der Waals surface area contributed by atoms with E-state index in [9.17, 15) is 0 Å². The molecule has 0 aliphatic carbocycles. The summed E-state index contributed by atoms with van der Waals surface area (Å²) in [6.45, 7) is 7.03. The summed E-state index contributed by atoms with van der Waals surface area (Å²) in [6, 6.07) is 4.03. The Kier molecular flexibility index (Phi) is 3.77. The number of hydrogen-bond acceptors (Lipinski definition) is 3. The highest BCUT2D eigenvalue weighted by Crippen LogP contribution is 2.19. The lowest BCUT2D eigenvalue weighted by Gasteiger charge is -2.18. The van der Waals surface area contributed by atoms with Gasteiger partial charge < -0.3 is 10.3 Å². The van der Waals surface area contributed by atoms with E-state index in [-0.39, 0.29) is 6.04 Å². The van der Waals surface area contributed by atoms with Crippen LogP contribution in [0, 0.1) is 12.8 Å². The molecule has 0 aliphatic rings. The van der Waals surface area contributed by atoms with Crippen LogP contribution in [-0.4, -0.2) is 14.5 Å². The van der Waals surface area contributed by atoms with Crippen LogP contribution in [0.25, 0.3) is 0 Å². The van der Waals surface area contributed by atoms with Gasteiger partial charge >= 0.3 is 0 Å². The Labute approximate surface area is 108 Å². The van der Waals surface area contributed by atoms with Crippen molar-refractivity contribution in [2.45, 2.75) is 33.4 Å². The van der Waals surface area contributed by atoms with Crippen molar-refractivity contribution in [2.75, 3.05) is 0 Å². The average Bonchev–Trinajstić information content (AvgIpc) is 2.79. The minimum atomic E-state index is 0.0107. The predicted molar refractivity (Wildman–Crippen MR) is 72.1 cm³/mol. The van der Waals surface area contributed by atoms with Crippen LogP contribution < -0.4 is 5.73 Å². The number of imidazole rings is 1. The van der Waals surface area contributed by atoms with Gasteiger partial charge in [0.1, 0.15) is 0 Å². The summed E-state index contributed by atoms with van der Waals surface area (Å²) in [5, 5.41) is 0. The zero-order valence-electron chi connectivity index (χ0n) is 11.2. The molecule has 0 saturated heterocycles. The Bertz CT molecular complexity index is 516. The number of aromatic nitrogens is 3. The molecule has 0 aromatic carbocycles. The van der Waals surface area contributed by atoms with Crippen LogP contribution >= 0.6 is 0 Å². The van der Waals surface area contributed by atoms with Crippen LogP contribution in [-0.2, 0) is 6.54 Å². The maximum atomic E-state index is 6.19. The van der Waals surface area contributed by atoms with Crippen molar-refractivity contribution in [3.63, 3.8) is 0 Å². The Morgan fingerprint density at radius 3 is 2.83 bits per heavy atom. The van der Waals surface area contributed by atoms with E-state index >= 15 is 0 Å². The standard InChI is InChI=1S/C14H20N4/c1-10(2)14(15)13-7-16-9-18(13)8-12-11(3)5-4-6-17-12/h4-7,9-10,14H,8,15H2,1-3H3. The number of nitrogens with two attached hydrogens (primary N) is 1. The number of rotatable bonds is 4. The van der Waals surface area contributed by atoms with Crippen LogP contribution in [0.2, 0.25) is 0 Å². The molecular formula is C14H20N4. The largest absolute Gasteiger partial charge is 0.327 e. The Morgan fingerprint density at radius 1 is 1.39 bits per heavy atom. The van der Waals surface area contributed by atoms with Crippen molar-refractivity contribution in [3.8, 4) is 0 Å². The maximum Gasteiger partial charge on any atom is 0.0952 e. The van der Waals surface area contributed by atoms with E-state index in [0.29, 0.717) is 5.92 Å². The second kappa shape index (κ2) is 5.31. The first-order valence-electron chi connectivity index (χ1n) is 6.25. The van der Waals surface area contributed by atoms with Gasteiger partial charge in [0.2, 0.25) is 0 Å². The molecule has 18 heavy (non-hydrogen) atoms. The summed E-state index contributed by atoms with van der Waals surface area (Å²) >= 11 is 0. The Hall–Kier alpha value is -1.68. The molecule has 0 fully saturated rings. The Morgan fingerprint density at radius 2 is 2.17 bits per heavy atom. The van der Waals surface area contributed by atoms with E-state index < -0.39 is 0 Å². The zero-order valence-corrected chi connectivity index (χ0v) is 11.2. The highest BCUT2D eigenvalue weighted by Gasteiger charge is 2.15. The van der Waals surface area contributed by atoms with Crippen molar-refractivity contribution in [1.29, 1.82) is 0 Å². The first kappa shape index (κ1) is 12.8. The fourth-order valence-electron chi connectivity index (χ4n) is 1.93. The molecule has 2 aromatic heterocycles. The van der Waals surface area contributed by atoms with Gasteiger partial charge in [-0.15, -0.1) is 0 Å². The number of nitrogens with zero attached hydrogens (tertiary/aromatic N) is 3. The van der Waals surface area contributed by atoms with Crippen molar-refractivity contribution < 1.29 is 0 Å². The topological polar surface area (TPSA) is 56.7 Å². The number of aryl methyl sites for hydroxylation is 1. The predicted octanol–water partition coefficient (Wildman–Crippen LogP) is 2.29. The second-order valence-corrected chi connectivity index (χ2v) is 4.98. The van der Waals surface area contributed by atoms with Gasteiger partial charge in [-0.05, 0) is 24.5 Å². The molecule has 0 radical (unpaired) electrons. The molecule has 4 nitrogen and oxygen atoms in total. The van der Waals surface area contributed by atoms with E-state index in [4.69, 9.17) is 5.73 Å². The van der Waals surface area contributed by atoms with Crippen LogP contribution in [0.4, 0.5) is 0 Å². The summed E-state index contributed by atoms with van der Waals surface area (Å²) in [5.41, 5.74) is 9.51. The number of pyridine rings is 1. The quantitative estimate of drug-likeness (QED) is 0.897. The smallest absolute Gasteiger partial charge is 0.0952 e. The fraction of sp³-hybridized carbons (Fsp3) is 0.429. The first-order chi connectivity index (χ1) is 8.59. The molecule has 1 atom stereocenters. The van der Waals surface area contributed by atoms with Gasteiger partial charge in [-0.1, -0.05) is 19.9 Å². The van der Waals surface area contributed by atoms with Crippen molar-refractivity contribution in [3.05, 3.63) is 47.8 Å². The lowest BCUT2D eigenvalue weighted by Crippen LogP contribution is -2.21. The van der Waals surface area contributed by atoms with Crippen molar-refractivity contribution in [2.24, 2.45) is 11.7 Å². The third-order valence-corrected chi connectivity index (χ3v) is 3.24. The highest BCUT2D eigenvalue weighted by atomic mass is 15.1. The molecule has 1 unspecified atom stereocenters. The molecule has 4 heteroatoms. The SMILES string of the molecule is Cc1cccnc1Cn1cncc1C(N)C(C)C. The van der Waals surface area contributed by atoms with Crippen LogP contribution in [0.5, 0.6) is 0 Å². The Balaban J connectivity index is 2.26. The maximum absolute atomic E-state index is 6.19. The molecule has 0 amide bonds. The minimum absolute atomic E-state index is 0.0107. The molecule has 2 N–H and O–H groups in total. The molecule has 0 saturated carbocycles. The molecular weight excluding hydrogens is 224 g/mol. The summed E-state index contributed by atoms with van der Waals surface area (Å²) in [6.07, 6.45) is 5.50. The normalized spacial score (nSPS) is 12.9. The monoisotopic (exact) mass is 244 g/mol. The molecule has 2 heterocycles. The lowest BCUT2D eigenvalue weighted by molar-refractivity contribution is 0.483. The van der Waals surface area contributed by atoms with E-state index in [1.807, 2.05) is 24.8 Å². The van der Waals surface area contributed by atoms with Gasteiger partial charge in [0.05, 0.1) is 24.3 Å². The van der Waals surface area contributed by atoms with Gasteiger partial charge in [0, 0.05) is 18.4 Å². The van der Waals surface area contributed by atoms with E-state index in [1.54, 1.807) is 0 Å². The van der Waals surface area contributed by atoms with E-state index in [1.165, 1.54) is 5.56 Å². The minimum Gasteiger partial charge on any atom is -0.327 e. The summed E-state index contributed by atoms with van der Waals surface area (Å²) in [4.78, 5) is 8.62. The van der Waals surface area contributed by atoms with Crippen molar-refractivity contribution in [1.82, 2.24) is 14.5 Å². The second-order valence-electron chi connectivity index (χ2n) is 4.98. The van der Waals surface area contributed by atoms with Gasteiger partial charge in [0.15, 0.2) is 0 Å². The summed E-state index contributed by atoms with van der Waals surface area (Å²) in [5.74, 6) is 0.394.